The molecule has 114 valence electrons. The van der Waals surface area contributed by atoms with Gasteiger partial charge in [0.15, 0.2) is 5.54 Å². The lowest BCUT2D eigenvalue weighted by atomic mass is 9.90. The zero-order valence-electron chi connectivity index (χ0n) is 12.0. The summed E-state index contributed by atoms with van der Waals surface area (Å²) >= 11 is 0. The molecule has 1 aromatic heterocycles. The number of aromatic nitrogens is 1. The van der Waals surface area contributed by atoms with Crippen LogP contribution in [-0.2, 0) is 10.3 Å². The van der Waals surface area contributed by atoms with Crippen molar-refractivity contribution in [1.82, 2.24) is 20.5 Å². The summed E-state index contributed by atoms with van der Waals surface area (Å²) in [6.07, 6.45) is 7.55. The Kier molecular flexibility index (Phi) is 3.42. The molecule has 0 aromatic carbocycles. The molecule has 3 rings (SSSR count). The van der Waals surface area contributed by atoms with E-state index in [1.54, 1.807) is 48.5 Å². The van der Waals surface area contributed by atoms with Crippen LogP contribution in [0.3, 0.4) is 0 Å². The number of hydrogen-bond acceptors (Lipinski definition) is 5. The fourth-order valence-corrected chi connectivity index (χ4v) is 2.66. The SMILES string of the molecule is CC1=CC=CN(CC2(c3cccnc3)NC(=O)NC2=O)C1O. The van der Waals surface area contributed by atoms with Crippen molar-refractivity contribution in [2.24, 2.45) is 0 Å². The predicted molar refractivity (Wildman–Crippen MR) is 78.2 cm³/mol. The lowest BCUT2D eigenvalue weighted by molar-refractivity contribution is -0.125. The smallest absolute Gasteiger partial charge is 0.322 e. The number of carbonyl (C=O) groups is 2. The highest BCUT2D eigenvalue weighted by atomic mass is 16.3. The van der Waals surface area contributed by atoms with Gasteiger partial charge in [-0.05, 0) is 24.6 Å². The van der Waals surface area contributed by atoms with Crippen molar-refractivity contribution < 1.29 is 14.7 Å². The standard InChI is InChI=1S/C15H16N4O3/c1-10-4-3-7-19(12(10)20)9-15(11-5-2-6-16-8-11)13(21)17-14(22)18-15/h2-8,12,20H,9H2,1H3,(H2,17,18,21,22). The molecule has 3 N–H and O–H groups in total. The molecule has 3 heterocycles. The lowest BCUT2D eigenvalue weighted by Gasteiger charge is -2.36. The van der Waals surface area contributed by atoms with E-state index in [0.717, 1.165) is 5.57 Å². The number of rotatable bonds is 3. The molecular weight excluding hydrogens is 284 g/mol. The van der Waals surface area contributed by atoms with Gasteiger partial charge in [0.25, 0.3) is 5.91 Å². The van der Waals surface area contributed by atoms with Crippen LogP contribution in [0.25, 0.3) is 0 Å². The summed E-state index contributed by atoms with van der Waals surface area (Å²) in [7, 11) is 0. The van der Waals surface area contributed by atoms with E-state index in [-0.39, 0.29) is 6.54 Å². The minimum atomic E-state index is -1.28. The van der Waals surface area contributed by atoms with Crippen molar-refractivity contribution in [2.75, 3.05) is 6.54 Å². The van der Waals surface area contributed by atoms with Gasteiger partial charge in [-0.3, -0.25) is 15.1 Å². The van der Waals surface area contributed by atoms with Crippen LogP contribution in [0, 0.1) is 0 Å². The Morgan fingerprint density at radius 3 is 2.91 bits per heavy atom. The number of pyridine rings is 1. The van der Waals surface area contributed by atoms with Gasteiger partial charge in [-0.1, -0.05) is 12.1 Å². The first-order valence-corrected chi connectivity index (χ1v) is 6.86. The average Bonchev–Trinajstić information content (AvgIpc) is 2.80. The number of imide groups is 1. The Bertz CT molecular complexity index is 671. The fourth-order valence-electron chi connectivity index (χ4n) is 2.66. The van der Waals surface area contributed by atoms with Crippen LogP contribution in [0.5, 0.6) is 0 Å². The van der Waals surface area contributed by atoms with Crippen molar-refractivity contribution in [2.45, 2.75) is 18.7 Å². The molecule has 0 spiro atoms. The highest BCUT2D eigenvalue weighted by Crippen LogP contribution is 2.28. The summed E-state index contributed by atoms with van der Waals surface area (Å²) in [5.74, 6) is -0.460. The zero-order chi connectivity index (χ0) is 15.7. The second-order valence-electron chi connectivity index (χ2n) is 5.35. The maximum Gasteiger partial charge on any atom is 0.322 e. The average molecular weight is 300 g/mol. The molecule has 1 fully saturated rings. The predicted octanol–water partition coefficient (Wildman–Crippen LogP) is 0.210. The third kappa shape index (κ3) is 2.25. The van der Waals surface area contributed by atoms with Crippen LogP contribution in [-0.4, -0.2) is 39.7 Å². The van der Waals surface area contributed by atoms with Gasteiger partial charge in [-0.25, -0.2) is 4.79 Å². The van der Waals surface area contributed by atoms with Crippen LogP contribution in [0.15, 0.2) is 48.5 Å². The Labute approximate surface area is 127 Å². The van der Waals surface area contributed by atoms with Crippen LogP contribution in [0.2, 0.25) is 0 Å². The number of allylic oxidation sites excluding steroid dienone is 2. The second-order valence-corrected chi connectivity index (χ2v) is 5.35. The molecule has 0 radical (unpaired) electrons. The van der Waals surface area contributed by atoms with Crippen LogP contribution < -0.4 is 10.6 Å². The van der Waals surface area contributed by atoms with Gasteiger partial charge in [0.05, 0.1) is 6.54 Å². The topological polar surface area (TPSA) is 94.6 Å². The third-order valence-electron chi connectivity index (χ3n) is 3.87. The summed E-state index contributed by atoms with van der Waals surface area (Å²) in [6, 6.07) is 2.86. The first kappa shape index (κ1) is 14.3. The normalized spacial score (nSPS) is 27.5. The van der Waals surface area contributed by atoms with E-state index in [1.165, 1.54) is 6.20 Å². The van der Waals surface area contributed by atoms with E-state index < -0.39 is 23.7 Å². The molecule has 2 aliphatic heterocycles. The first-order valence-electron chi connectivity index (χ1n) is 6.86. The van der Waals surface area contributed by atoms with Gasteiger partial charge in [-0.15, -0.1) is 0 Å². The number of aliphatic hydroxyl groups excluding tert-OH is 1. The molecule has 3 amide bonds. The van der Waals surface area contributed by atoms with Gasteiger partial charge in [0, 0.05) is 24.2 Å². The van der Waals surface area contributed by atoms with Gasteiger partial charge in [-0.2, -0.15) is 0 Å². The third-order valence-corrected chi connectivity index (χ3v) is 3.87. The molecule has 0 saturated carbocycles. The minimum absolute atomic E-state index is 0.0963. The molecule has 7 heteroatoms. The highest BCUT2D eigenvalue weighted by molar-refractivity contribution is 6.07. The number of aliphatic hydroxyl groups is 1. The molecule has 0 bridgehead atoms. The molecule has 1 saturated heterocycles. The molecule has 7 nitrogen and oxygen atoms in total. The maximum absolute atomic E-state index is 12.4. The zero-order valence-corrected chi connectivity index (χ0v) is 12.0. The molecule has 2 aliphatic rings. The monoisotopic (exact) mass is 300 g/mol. The molecule has 22 heavy (non-hydrogen) atoms. The highest BCUT2D eigenvalue weighted by Gasteiger charge is 2.49. The van der Waals surface area contributed by atoms with Crippen molar-refractivity contribution in [3.05, 3.63) is 54.0 Å². The van der Waals surface area contributed by atoms with E-state index >= 15 is 0 Å². The second kappa shape index (κ2) is 5.27. The Morgan fingerprint density at radius 2 is 2.27 bits per heavy atom. The molecular formula is C15H16N4O3. The maximum atomic E-state index is 12.4. The number of urea groups is 1. The quantitative estimate of drug-likeness (QED) is 0.694. The number of hydrogen-bond donors (Lipinski definition) is 3. The first-order chi connectivity index (χ1) is 10.5. The van der Waals surface area contributed by atoms with E-state index in [2.05, 4.69) is 15.6 Å². The van der Waals surface area contributed by atoms with E-state index in [1.807, 2.05) is 0 Å². The summed E-state index contributed by atoms with van der Waals surface area (Å²) < 4.78 is 0. The number of amides is 3. The summed E-state index contributed by atoms with van der Waals surface area (Å²) in [4.78, 5) is 29.7. The van der Waals surface area contributed by atoms with Crippen molar-refractivity contribution in [3.8, 4) is 0 Å². The summed E-state index contributed by atoms with van der Waals surface area (Å²) in [5.41, 5.74) is 0.0357. The molecule has 2 atom stereocenters. The fraction of sp³-hybridized carbons (Fsp3) is 0.267. The Morgan fingerprint density at radius 1 is 1.45 bits per heavy atom. The van der Waals surface area contributed by atoms with Crippen LogP contribution >= 0.6 is 0 Å². The van der Waals surface area contributed by atoms with Crippen LogP contribution in [0.1, 0.15) is 12.5 Å². The lowest BCUT2D eigenvalue weighted by Crippen LogP contribution is -2.54. The molecule has 0 aliphatic carbocycles. The van der Waals surface area contributed by atoms with Gasteiger partial charge >= 0.3 is 6.03 Å². The van der Waals surface area contributed by atoms with Crippen LogP contribution in [0.4, 0.5) is 4.79 Å². The van der Waals surface area contributed by atoms with E-state index in [4.69, 9.17) is 0 Å². The summed E-state index contributed by atoms with van der Waals surface area (Å²) in [6.45, 7) is 1.89. The van der Waals surface area contributed by atoms with Gasteiger partial charge in [0.1, 0.15) is 6.23 Å². The van der Waals surface area contributed by atoms with Gasteiger partial charge in [0.2, 0.25) is 0 Å². The number of nitrogens with zero attached hydrogens (tertiary/aromatic N) is 2. The van der Waals surface area contributed by atoms with E-state index in [0.29, 0.717) is 5.56 Å². The Hall–Kier alpha value is -2.67. The number of nitrogens with one attached hydrogen (secondary N) is 2. The van der Waals surface area contributed by atoms with Crippen molar-refractivity contribution >= 4 is 11.9 Å². The molecule has 2 unspecified atom stereocenters. The van der Waals surface area contributed by atoms with E-state index in [9.17, 15) is 14.7 Å². The number of carbonyl (C=O) groups excluding carboxylic acids is 2. The van der Waals surface area contributed by atoms with Crippen molar-refractivity contribution in [3.63, 3.8) is 0 Å². The van der Waals surface area contributed by atoms with Gasteiger partial charge < -0.3 is 15.3 Å². The van der Waals surface area contributed by atoms with Crippen molar-refractivity contribution in [1.29, 1.82) is 0 Å². The molecule has 1 aromatic rings. The Balaban J connectivity index is 1.98. The minimum Gasteiger partial charge on any atom is -0.370 e. The summed E-state index contributed by atoms with van der Waals surface area (Å²) in [5, 5.41) is 15.2. The largest absolute Gasteiger partial charge is 0.370 e.